The van der Waals surface area contributed by atoms with Crippen LogP contribution in [0, 0.1) is 0 Å². The van der Waals surface area contributed by atoms with E-state index in [1.165, 1.54) is 0 Å². The fourth-order valence-electron chi connectivity index (χ4n) is 2.15. The average Bonchev–Trinajstić information content (AvgIpc) is 2.42. The van der Waals surface area contributed by atoms with E-state index in [0.717, 1.165) is 13.1 Å². The van der Waals surface area contributed by atoms with Gasteiger partial charge in [-0.15, -0.1) is 0 Å². The van der Waals surface area contributed by atoms with Crippen molar-refractivity contribution in [1.29, 1.82) is 0 Å². The summed E-state index contributed by atoms with van der Waals surface area (Å²) in [6.45, 7) is 12.9. The minimum atomic E-state index is 0.337. The molecule has 0 saturated carbocycles. The van der Waals surface area contributed by atoms with Crippen molar-refractivity contribution >= 4 is 11.9 Å². The van der Waals surface area contributed by atoms with Gasteiger partial charge in [0.15, 0.2) is 0 Å². The second kappa shape index (κ2) is 8.61. The topological polar surface area (TPSA) is 75.2 Å². The molecule has 0 aliphatic rings. The number of aromatic nitrogens is 3. The number of anilines is 2. The SMILES string of the molecule is CCOc1nc(NC)nc(NCCN(C(C)C)C(C)C)n1. The molecule has 0 unspecified atom stereocenters. The molecule has 0 saturated heterocycles. The number of hydrogen-bond acceptors (Lipinski definition) is 7. The van der Waals surface area contributed by atoms with Crippen molar-refractivity contribution in [2.45, 2.75) is 46.7 Å². The minimum absolute atomic E-state index is 0.337. The van der Waals surface area contributed by atoms with Crippen LogP contribution in [0.5, 0.6) is 6.01 Å². The van der Waals surface area contributed by atoms with Gasteiger partial charge in [-0.05, 0) is 34.6 Å². The first-order valence-corrected chi connectivity index (χ1v) is 7.54. The minimum Gasteiger partial charge on any atom is -0.464 e. The molecule has 1 heterocycles. The molecule has 0 aliphatic carbocycles. The van der Waals surface area contributed by atoms with Gasteiger partial charge in [-0.2, -0.15) is 15.0 Å². The van der Waals surface area contributed by atoms with E-state index in [-0.39, 0.29) is 0 Å². The summed E-state index contributed by atoms with van der Waals surface area (Å²) >= 11 is 0. The highest BCUT2D eigenvalue weighted by atomic mass is 16.5. The Bertz CT molecular complexity index is 416. The zero-order chi connectivity index (χ0) is 15.8. The fraction of sp³-hybridized carbons (Fsp3) is 0.786. The summed E-state index contributed by atoms with van der Waals surface area (Å²) in [5, 5.41) is 6.14. The number of nitrogens with zero attached hydrogens (tertiary/aromatic N) is 4. The van der Waals surface area contributed by atoms with Crippen LogP contribution in [-0.2, 0) is 0 Å². The molecule has 0 atom stereocenters. The maximum absolute atomic E-state index is 5.34. The Morgan fingerprint density at radius 1 is 1.05 bits per heavy atom. The summed E-state index contributed by atoms with van der Waals surface area (Å²) in [5.74, 6) is 1.03. The second-order valence-corrected chi connectivity index (χ2v) is 5.30. The smallest absolute Gasteiger partial charge is 0.323 e. The van der Waals surface area contributed by atoms with Gasteiger partial charge in [-0.25, -0.2) is 0 Å². The fourth-order valence-corrected chi connectivity index (χ4v) is 2.15. The molecule has 0 aliphatic heterocycles. The van der Waals surface area contributed by atoms with Crippen LogP contribution in [0.4, 0.5) is 11.9 Å². The molecule has 7 nitrogen and oxygen atoms in total. The van der Waals surface area contributed by atoms with Gasteiger partial charge in [0.25, 0.3) is 0 Å². The van der Waals surface area contributed by atoms with Crippen molar-refractivity contribution in [3.8, 4) is 6.01 Å². The summed E-state index contributed by atoms with van der Waals surface area (Å²) in [4.78, 5) is 15.1. The Morgan fingerprint density at radius 2 is 1.67 bits per heavy atom. The van der Waals surface area contributed by atoms with Crippen molar-refractivity contribution in [3.63, 3.8) is 0 Å². The molecule has 1 rings (SSSR count). The zero-order valence-electron chi connectivity index (χ0n) is 14.0. The predicted molar refractivity (Wildman–Crippen MR) is 86.0 cm³/mol. The van der Waals surface area contributed by atoms with Crippen molar-refractivity contribution in [3.05, 3.63) is 0 Å². The normalized spacial score (nSPS) is 11.3. The van der Waals surface area contributed by atoms with Gasteiger partial charge in [0.05, 0.1) is 6.61 Å². The lowest BCUT2D eigenvalue weighted by molar-refractivity contribution is 0.182. The molecular weight excluding hydrogens is 268 g/mol. The van der Waals surface area contributed by atoms with Crippen molar-refractivity contribution in [1.82, 2.24) is 19.9 Å². The monoisotopic (exact) mass is 296 g/mol. The van der Waals surface area contributed by atoms with Gasteiger partial charge in [-0.3, -0.25) is 4.90 Å². The van der Waals surface area contributed by atoms with Crippen molar-refractivity contribution < 1.29 is 4.74 Å². The summed E-state index contributed by atoms with van der Waals surface area (Å²) in [6, 6.07) is 1.36. The van der Waals surface area contributed by atoms with Crippen LogP contribution in [0.2, 0.25) is 0 Å². The third kappa shape index (κ3) is 5.71. The van der Waals surface area contributed by atoms with Crippen LogP contribution >= 0.6 is 0 Å². The predicted octanol–water partition coefficient (Wildman–Crippen LogP) is 1.84. The van der Waals surface area contributed by atoms with Gasteiger partial charge in [0.1, 0.15) is 0 Å². The van der Waals surface area contributed by atoms with E-state index in [0.29, 0.717) is 36.6 Å². The molecule has 0 radical (unpaired) electrons. The first-order chi connectivity index (χ1) is 9.97. The quantitative estimate of drug-likeness (QED) is 0.720. The third-order valence-corrected chi connectivity index (χ3v) is 3.09. The molecule has 1 aromatic heterocycles. The van der Waals surface area contributed by atoms with Gasteiger partial charge in [-0.1, -0.05) is 0 Å². The summed E-state index contributed by atoms with van der Waals surface area (Å²) in [5.41, 5.74) is 0. The molecule has 21 heavy (non-hydrogen) atoms. The Labute approximate surface area is 127 Å². The number of nitrogens with one attached hydrogen (secondary N) is 2. The highest BCUT2D eigenvalue weighted by molar-refractivity contribution is 5.35. The van der Waals surface area contributed by atoms with E-state index >= 15 is 0 Å². The van der Waals surface area contributed by atoms with Crippen LogP contribution < -0.4 is 15.4 Å². The summed E-state index contributed by atoms with van der Waals surface area (Å²) in [7, 11) is 1.77. The lowest BCUT2D eigenvalue weighted by atomic mass is 10.2. The lowest BCUT2D eigenvalue weighted by Crippen LogP contribution is -2.40. The van der Waals surface area contributed by atoms with Crippen LogP contribution in [-0.4, -0.2) is 58.7 Å². The molecular formula is C14H28N6O. The molecule has 7 heteroatoms. The summed E-state index contributed by atoms with van der Waals surface area (Å²) < 4.78 is 5.34. The van der Waals surface area contributed by atoms with E-state index in [1.54, 1.807) is 7.05 Å². The lowest BCUT2D eigenvalue weighted by Gasteiger charge is -2.30. The number of ether oxygens (including phenoxy) is 1. The molecule has 0 amide bonds. The van der Waals surface area contributed by atoms with E-state index in [2.05, 4.69) is 58.2 Å². The van der Waals surface area contributed by atoms with E-state index in [1.807, 2.05) is 6.92 Å². The van der Waals surface area contributed by atoms with Gasteiger partial charge in [0.2, 0.25) is 11.9 Å². The van der Waals surface area contributed by atoms with Crippen LogP contribution in [0.15, 0.2) is 0 Å². The largest absolute Gasteiger partial charge is 0.464 e. The van der Waals surface area contributed by atoms with E-state index in [4.69, 9.17) is 4.74 Å². The first-order valence-electron chi connectivity index (χ1n) is 7.54. The Morgan fingerprint density at radius 3 is 2.19 bits per heavy atom. The van der Waals surface area contributed by atoms with E-state index < -0.39 is 0 Å². The maximum atomic E-state index is 5.34. The molecule has 0 spiro atoms. The van der Waals surface area contributed by atoms with Crippen molar-refractivity contribution in [2.24, 2.45) is 0 Å². The average molecular weight is 296 g/mol. The number of hydrogen-bond donors (Lipinski definition) is 2. The molecule has 1 aromatic rings. The third-order valence-electron chi connectivity index (χ3n) is 3.09. The maximum Gasteiger partial charge on any atom is 0.323 e. The van der Waals surface area contributed by atoms with Crippen LogP contribution in [0.1, 0.15) is 34.6 Å². The Balaban J connectivity index is 2.63. The molecule has 0 bridgehead atoms. The summed E-state index contributed by atoms with van der Waals surface area (Å²) in [6.07, 6.45) is 0. The number of rotatable bonds is 9. The Kier molecular flexibility index (Phi) is 7.14. The van der Waals surface area contributed by atoms with Crippen molar-refractivity contribution in [2.75, 3.05) is 37.4 Å². The standard InChI is InChI=1S/C14H28N6O/c1-7-21-14-18-12(15-6)17-13(19-14)16-8-9-20(10(2)3)11(4)5/h10-11H,7-9H2,1-6H3,(H2,15,16,17,18,19). The second-order valence-electron chi connectivity index (χ2n) is 5.30. The highest BCUT2D eigenvalue weighted by Gasteiger charge is 2.13. The molecule has 0 fully saturated rings. The van der Waals surface area contributed by atoms with Crippen LogP contribution in [0.3, 0.4) is 0 Å². The van der Waals surface area contributed by atoms with Crippen LogP contribution in [0.25, 0.3) is 0 Å². The molecule has 120 valence electrons. The van der Waals surface area contributed by atoms with Gasteiger partial charge in [0, 0.05) is 32.2 Å². The van der Waals surface area contributed by atoms with E-state index in [9.17, 15) is 0 Å². The highest BCUT2D eigenvalue weighted by Crippen LogP contribution is 2.11. The molecule has 2 N–H and O–H groups in total. The van der Waals surface area contributed by atoms with Gasteiger partial charge < -0.3 is 15.4 Å². The van der Waals surface area contributed by atoms with Gasteiger partial charge >= 0.3 is 6.01 Å². The zero-order valence-corrected chi connectivity index (χ0v) is 14.0. The Hall–Kier alpha value is -1.63. The first kappa shape index (κ1) is 17.4. The molecule has 0 aromatic carbocycles.